The molecule has 5 aliphatic rings. The number of anilines is 1. The van der Waals surface area contributed by atoms with Gasteiger partial charge in [0.25, 0.3) is 5.91 Å². The van der Waals surface area contributed by atoms with Crippen molar-refractivity contribution in [3.63, 3.8) is 0 Å². The Morgan fingerprint density at radius 3 is 2.73 bits per heavy atom. The molecule has 7 rings (SSSR count). The summed E-state index contributed by atoms with van der Waals surface area (Å²) in [6.07, 6.45) is 11.7. The molecule has 2 heterocycles. The van der Waals surface area contributed by atoms with Crippen LogP contribution in [0, 0.1) is 17.8 Å². The number of carbonyl (C=O) groups is 1. The quantitative estimate of drug-likeness (QED) is 0.437. The highest BCUT2D eigenvalue weighted by molar-refractivity contribution is 7.87. The minimum Gasteiger partial charge on any atom is -0.490 e. The number of carbonyl (C=O) groups excluding carboxylic acids is 1. The van der Waals surface area contributed by atoms with Crippen molar-refractivity contribution in [1.29, 1.82) is 0 Å². The Labute approximate surface area is 265 Å². The molecule has 236 valence electrons. The van der Waals surface area contributed by atoms with E-state index in [4.69, 9.17) is 16.3 Å². The smallest absolute Gasteiger partial charge is 0.304 e. The highest BCUT2D eigenvalue weighted by atomic mass is 35.5. The molecule has 4 atom stereocenters. The van der Waals surface area contributed by atoms with Gasteiger partial charge in [-0.25, -0.2) is 4.72 Å². The van der Waals surface area contributed by atoms with Crippen LogP contribution < -0.4 is 14.4 Å². The van der Waals surface area contributed by atoms with E-state index in [2.05, 4.69) is 21.8 Å². The highest BCUT2D eigenvalue weighted by Crippen LogP contribution is 2.46. The van der Waals surface area contributed by atoms with Crippen LogP contribution in [0.2, 0.25) is 5.02 Å². The first kappa shape index (κ1) is 30.1. The number of nitrogens with zero attached hydrogens (tertiary/aromatic N) is 2. The summed E-state index contributed by atoms with van der Waals surface area (Å²) >= 11 is 6.40. The van der Waals surface area contributed by atoms with E-state index in [1.807, 2.05) is 18.2 Å². The lowest BCUT2D eigenvalue weighted by Crippen LogP contribution is -2.49. The number of rotatable bonds is 2. The van der Waals surface area contributed by atoms with Gasteiger partial charge in [0.2, 0.25) is 0 Å². The van der Waals surface area contributed by atoms with E-state index in [9.17, 15) is 18.3 Å². The Bertz CT molecular complexity index is 1560. The number of halogens is 1. The monoisotopic (exact) mass is 639 g/mol. The first-order valence-corrected chi connectivity index (χ1v) is 18.0. The molecule has 8 nitrogen and oxygen atoms in total. The molecule has 10 heteroatoms. The first-order chi connectivity index (χ1) is 21.2. The third kappa shape index (κ3) is 5.77. The van der Waals surface area contributed by atoms with Crippen LogP contribution in [0.1, 0.15) is 72.9 Å². The summed E-state index contributed by atoms with van der Waals surface area (Å²) in [5.74, 6) is 0.770. The van der Waals surface area contributed by atoms with Crippen LogP contribution in [0.25, 0.3) is 0 Å². The number of aliphatic hydroxyl groups excluding tert-OH is 1. The largest absolute Gasteiger partial charge is 0.490 e. The summed E-state index contributed by atoms with van der Waals surface area (Å²) in [4.78, 5) is 15.9. The second-order valence-corrected chi connectivity index (χ2v) is 15.7. The van der Waals surface area contributed by atoms with E-state index in [-0.39, 0.29) is 29.4 Å². The van der Waals surface area contributed by atoms with E-state index < -0.39 is 22.2 Å². The van der Waals surface area contributed by atoms with Gasteiger partial charge in [-0.05, 0) is 111 Å². The van der Waals surface area contributed by atoms with Gasteiger partial charge in [0.15, 0.2) is 0 Å². The fourth-order valence-electron chi connectivity index (χ4n) is 7.92. The number of nitrogens with one attached hydrogen (secondary N) is 1. The van der Waals surface area contributed by atoms with Crippen LogP contribution >= 0.6 is 11.6 Å². The molecule has 2 aromatic carbocycles. The van der Waals surface area contributed by atoms with Gasteiger partial charge in [-0.15, -0.1) is 0 Å². The van der Waals surface area contributed by atoms with Gasteiger partial charge in [-0.1, -0.05) is 36.2 Å². The zero-order chi connectivity index (χ0) is 30.5. The maximum absolute atomic E-state index is 13.5. The molecule has 2 aromatic rings. The SMILES string of the molecule is O=C1NS(=O)(=O)N(CC2CCC2)CC/C=C/[C@H](O)[C@@H]2CC[C@H]2CN2C[C@@]3(CCCc4cc(Cl)ccc43)COc3ccc1cc32. The van der Waals surface area contributed by atoms with Gasteiger partial charge in [0, 0.05) is 42.2 Å². The average Bonchev–Trinajstić information content (AvgIpc) is 3.10. The predicted octanol–water partition coefficient (Wildman–Crippen LogP) is 5.24. The molecule has 44 heavy (non-hydrogen) atoms. The van der Waals surface area contributed by atoms with Crippen LogP contribution in [0.5, 0.6) is 5.75 Å². The van der Waals surface area contributed by atoms with Crippen molar-refractivity contribution in [3.05, 3.63) is 70.3 Å². The summed E-state index contributed by atoms with van der Waals surface area (Å²) in [6, 6.07) is 11.4. The summed E-state index contributed by atoms with van der Waals surface area (Å²) in [7, 11) is -4.06. The van der Waals surface area contributed by atoms with E-state index in [0.717, 1.165) is 68.6 Å². The normalized spacial score (nSPS) is 31.4. The van der Waals surface area contributed by atoms with Crippen molar-refractivity contribution in [3.8, 4) is 5.75 Å². The number of ether oxygens (including phenoxy) is 1. The van der Waals surface area contributed by atoms with E-state index in [0.29, 0.717) is 37.8 Å². The van der Waals surface area contributed by atoms with Crippen LogP contribution in [0.15, 0.2) is 48.6 Å². The third-order valence-corrected chi connectivity index (χ3v) is 12.5. The van der Waals surface area contributed by atoms with E-state index in [1.165, 1.54) is 15.4 Å². The standard InChI is InChI=1S/C34H42ClN3O5S/c35-27-11-13-29-24(17-27)7-4-15-34(29)21-37-20-26-9-12-28(26)31(39)8-1-2-16-38(19-23-5-3-6-23)44(41,42)36-33(40)25-10-14-32(43-22-34)30(37)18-25/h1,8,10-11,13-14,17-18,23,26,28,31,39H,2-7,9,12,15-16,19-22H2,(H,36,40)/b8-1+/t26-,28+,31-,34-/m0/s1. The van der Waals surface area contributed by atoms with Gasteiger partial charge < -0.3 is 14.7 Å². The van der Waals surface area contributed by atoms with Gasteiger partial charge in [-0.2, -0.15) is 12.7 Å². The van der Waals surface area contributed by atoms with Gasteiger partial charge in [-0.3, -0.25) is 4.79 Å². The zero-order valence-corrected chi connectivity index (χ0v) is 26.7. The summed E-state index contributed by atoms with van der Waals surface area (Å²) in [5, 5.41) is 11.9. The molecule has 2 aliphatic heterocycles. The lowest BCUT2D eigenvalue weighted by atomic mass is 9.68. The lowest BCUT2D eigenvalue weighted by molar-refractivity contribution is 0.0456. The van der Waals surface area contributed by atoms with Gasteiger partial charge in [0.05, 0.1) is 18.4 Å². The molecule has 3 aliphatic carbocycles. The van der Waals surface area contributed by atoms with Crippen LogP contribution in [0.3, 0.4) is 0 Å². The minimum atomic E-state index is -4.06. The molecule has 0 aromatic heterocycles. The number of benzene rings is 2. The van der Waals surface area contributed by atoms with Crippen molar-refractivity contribution in [2.75, 3.05) is 37.7 Å². The molecule has 0 radical (unpaired) electrons. The molecule has 2 N–H and O–H groups in total. The van der Waals surface area contributed by atoms with Gasteiger partial charge >= 0.3 is 10.2 Å². The van der Waals surface area contributed by atoms with E-state index >= 15 is 0 Å². The van der Waals surface area contributed by atoms with Crippen molar-refractivity contribution in [2.24, 2.45) is 17.8 Å². The number of aryl methyl sites for hydroxylation is 1. The Kier molecular flexibility index (Phi) is 8.18. The van der Waals surface area contributed by atoms with E-state index in [1.54, 1.807) is 18.2 Å². The number of aliphatic hydroxyl groups is 1. The molecule has 0 unspecified atom stereocenters. The molecule has 1 amide bonds. The Morgan fingerprint density at radius 2 is 1.95 bits per heavy atom. The van der Waals surface area contributed by atoms with Crippen LogP contribution in [-0.2, 0) is 22.0 Å². The zero-order valence-electron chi connectivity index (χ0n) is 25.1. The molecule has 1 spiro atoms. The Hall–Kier alpha value is -2.59. The fraction of sp³-hybridized carbons (Fsp3) is 0.559. The topological polar surface area (TPSA) is 99.2 Å². The number of fused-ring (bicyclic) bond motifs is 4. The van der Waals surface area contributed by atoms with Crippen molar-refractivity contribution >= 4 is 33.4 Å². The minimum absolute atomic E-state index is 0.126. The fourth-order valence-corrected chi connectivity index (χ4v) is 9.35. The predicted molar refractivity (Wildman–Crippen MR) is 171 cm³/mol. The number of amides is 1. The van der Waals surface area contributed by atoms with Gasteiger partial charge in [0.1, 0.15) is 5.75 Å². The number of hydrogen-bond acceptors (Lipinski definition) is 6. The molecular weight excluding hydrogens is 598 g/mol. The third-order valence-electron chi connectivity index (χ3n) is 10.8. The maximum atomic E-state index is 13.5. The second-order valence-electron chi connectivity index (χ2n) is 13.6. The Balaban J connectivity index is 1.26. The lowest BCUT2D eigenvalue weighted by Gasteiger charge is -2.45. The molecule has 2 saturated carbocycles. The second kappa shape index (κ2) is 12.0. The first-order valence-electron chi connectivity index (χ1n) is 16.2. The summed E-state index contributed by atoms with van der Waals surface area (Å²) in [5.41, 5.74) is 3.34. The van der Waals surface area contributed by atoms with Crippen molar-refractivity contribution in [2.45, 2.75) is 69.3 Å². The average molecular weight is 640 g/mol. The number of hydrogen-bond donors (Lipinski definition) is 2. The van der Waals surface area contributed by atoms with Crippen LogP contribution in [0.4, 0.5) is 5.69 Å². The molecule has 2 bridgehead atoms. The van der Waals surface area contributed by atoms with Crippen molar-refractivity contribution in [1.82, 2.24) is 9.03 Å². The van der Waals surface area contributed by atoms with Crippen LogP contribution in [-0.4, -0.2) is 62.6 Å². The molecule has 0 saturated heterocycles. The summed E-state index contributed by atoms with van der Waals surface area (Å²) in [6.45, 7) is 2.57. The molecule has 2 fully saturated rings. The highest BCUT2D eigenvalue weighted by Gasteiger charge is 2.44. The molecular formula is C34H42ClN3O5S. The maximum Gasteiger partial charge on any atom is 0.304 e. The summed E-state index contributed by atoms with van der Waals surface area (Å²) < 4.78 is 37.4. The Morgan fingerprint density at radius 1 is 1.09 bits per heavy atom. The van der Waals surface area contributed by atoms with Crippen molar-refractivity contribution < 1.29 is 23.1 Å².